The van der Waals surface area contributed by atoms with Crippen molar-refractivity contribution < 1.29 is 0 Å². The molecule has 0 aromatic heterocycles. The van der Waals surface area contributed by atoms with Gasteiger partial charge in [0.15, 0.2) is 0 Å². The van der Waals surface area contributed by atoms with Gasteiger partial charge in [-0.3, -0.25) is 0 Å². The zero-order valence-electron chi connectivity index (χ0n) is 7.54. The molecule has 1 aromatic carbocycles. The average molecular weight is 196 g/mol. The standard InChI is InChI=1S/C11H14ClN/c12-10-5-1-8(2-6-10)7-11(13)9-3-4-9/h1-2,5-6,9,11H,3-4,7,13H2. The van der Waals surface area contributed by atoms with E-state index in [-0.39, 0.29) is 0 Å². The molecule has 1 nitrogen and oxygen atoms in total. The molecule has 1 aliphatic carbocycles. The summed E-state index contributed by atoms with van der Waals surface area (Å²) < 4.78 is 0. The lowest BCUT2D eigenvalue weighted by Gasteiger charge is -2.09. The maximum absolute atomic E-state index is 6.02. The molecule has 1 fully saturated rings. The molecule has 0 heterocycles. The Bertz CT molecular complexity index is 277. The Morgan fingerprint density at radius 2 is 1.92 bits per heavy atom. The van der Waals surface area contributed by atoms with Crippen molar-refractivity contribution in [3.63, 3.8) is 0 Å². The van der Waals surface area contributed by atoms with Gasteiger partial charge in [0.1, 0.15) is 0 Å². The molecule has 0 amide bonds. The summed E-state index contributed by atoms with van der Waals surface area (Å²) in [6.45, 7) is 0. The second kappa shape index (κ2) is 3.69. The second-order valence-corrected chi connectivity index (χ2v) is 4.27. The molecule has 0 radical (unpaired) electrons. The lowest BCUT2D eigenvalue weighted by molar-refractivity contribution is 0.592. The van der Waals surface area contributed by atoms with Gasteiger partial charge in [-0.2, -0.15) is 0 Å². The summed E-state index contributed by atoms with van der Waals surface area (Å²) >= 11 is 5.79. The van der Waals surface area contributed by atoms with Gasteiger partial charge in [-0.05, 0) is 42.9 Å². The predicted molar refractivity (Wildman–Crippen MR) is 55.9 cm³/mol. The highest BCUT2D eigenvalue weighted by Crippen LogP contribution is 2.32. The van der Waals surface area contributed by atoms with Crippen LogP contribution >= 0.6 is 11.6 Å². The van der Waals surface area contributed by atoms with Gasteiger partial charge in [0.25, 0.3) is 0 Å². The first-order valence-corrected chi connectivity index (χ1v) is 5.13. The molecule has 0 bridgehead atoms. The summed E-state index contributed by atoms with van der Waals surface area (Å²) in [6, 6.07) is 8.32. The van der Waals surface area contributed by atoms with Gasteiger partial charge < -0.3 is 5.73 Å². The van der Waals surface area contributed by atoms with E-state index in [2.05, 4.69) is 12.1 Å². The van der Waals surface area contributed by atoms with Crippen LogP contribution in [0.3, 0.4) is 0 Å². The normalized spacial score (nSPS) is 18.6. The van der Waals surface area contributed by atoms with Gasteiger partial charge in [-0.25, -0.2) is 0 Å². The van der Waals surface area contributed by atoms with Crippen LogP contribution in [0.2, 0.25) is 5.02 Å². The number of rotatable bonds is 3. The first-order valence-electron chi connectivity index (χ1n) is 4.76. The van der Waals surface area contributed by atoms with Gasteiger partial charge in [0.05, 0.1) is 0 Å². The van der Waals surface area contributed by atoms with E-state index in [9.17, 15) is 0 Å². The lowest BCUT2D eigenvalue weighted by Crippen LogP contribution is -2.24. The van der Waals surface area contributed by atoms with E-state index >= 15 is 0 Å². The molecule has 2 heteroatoms. The largest absolute Gasteiger partial charge is 0.327 e. The molecule has 13 heavy (non-hydrogen) atoms. The zero-order chi connectivity index (χ0) is 9.26. The molecule has 1 unspecified atom stereocenters. The van der Waals surface area contributed by atoms with Crippen LogP contribution in [0.15, 0.2) is 24.3 Å². The Labute approximate surface area is 83.9 Å². The van der Waals surface area contributed by atoms with E-state index in [1.165, 1.54) is 18.4 Å². The molecule has 1 saturated carbocycles. The fraction of sp³-hybridized carbons (Fsp3) is 0.455. The van der Waals surface area contributed by atoms with E-state index < -0.39 is 0 Å². The maximum Gasteiger partial charge on any atom is 0.0406 e. The first-order chi connectivity index (χ1) is 6.25. The van der Waals surface area contributed by atoms with Gasteiger partial charge in [0, 0.05) is 11.1 Å². The highest BCUT2D eigenvalue weighted by atomic mass is 35.5. The Morgan fingerprint density at radius 1 is 1.31 bits per heavy atom. The molecule has 2 rings (SSSR count). The fourth-order valence-corrected chi connectivity index (χ4v) is 1.71. The summed E-state index contributed by atoms with van der Waals surface area (Å²) in [5, 5.41) is 0.795. The van der Waals surface area contributed by atoms with Crippen LogP contribution in [0.5, 0.6) is 0 Å². The number of hydrogen-bond donors (Lipinski definition) is 1. The van der Waals surface area contributed by atoms with Crippen LogP contribution in [-0.2, 0) is 6.42 Å². The third-order valence-corrected chi connectivity index (χ3v) is 2.86. The van der Waals surface area contributed by atoms with E-state index in [4.69, 9.17) is 17.3 Å². The zero-order valence-corrected chi connectivity index (χ0v) is 8.30. The monoisotopic (exact) mass is 195 g/mol. The highest BCUT2D eigenvalue weighted by Gasteiger charge is 2.28. The van der Waals surface area contributed by atoms with Crippen LogP contribution < -0.4 is 5.73 Å². The summed E-state index contributed by atoms with van der Waals surface area (Å²) in [6.07, 6.45) is 3.62. The minimum Gasteiger partial charge on any atom is -0.327 e. The van der Waals surface area contributed by atoms with Crippen molar-refractivity contribution in [1.29, 1.82) is 0 Å². The summed E-state index contributed by atoms with van der Waals surface area (Å²) in [5.41, 5.74) is 7.31. The van der Waals surface area contributed by atoms with Crippen LogP contribution in [0.1, 0.15) is 18.4 Å². The first kappa shape index (κ1) is 9.04. The molecule has 0 spiro atoms. The Morgan fingerprint density at radius 3 is 2.46 bits per heavy atom. The summed E-state index contributed by atoms with van der Waals surface area (Å²) in [4.78, 5) is 0. The van der Waals surface area contributed by atoms with Crippen LogP contribution in [0, 0.1) is 5.92 Å². The number of halogens is 1. The van der Waals surface area contributed by atoms with Crippen molar-refractivity contribution in [3.8, 4) is 0 Å². The molecular weight excluding hydrogens is 182 g/mol. The van der Waals surface area contributed by atoms with Crippen molar-refractivity contribution in [2.24, 2.45) is 11.7 Å². The Hall–Kier alpha value is -0.530. The topological polar surface area (TPSA) is 26.0 Å². The SMILES string of the molecule is NC(Cc1ccc(Cl)cc1)C1CC1. The van der Waals surface area contributed by atoms with Crippen molar-refractivity contribution in [3.05, 3.63) is 34.9 Å². The number of benzene rings is 1. The van der Waals surface area contributed by atoms with Gasteiger partial charge in [-0.1, -0.05) is 23.7 Å². The third kappa shape index (κ3) is 2.45. The van der Waals surface area contributed by atoms with Crippen molar-refractivity contribution in [2.45, 2.75) is 25.3 Å². The van der Waals surface area contributed by atoms with Gasteiger partial charge >= 0.3 is 0 Å². The Kier molecular flexibility index (Phi) is 2.56. The molecule has 1 aromatic rings. The Balaban J connectivity index is 1.96. The molecule has 70 valence electrons. The third-order valence-electron chi connectivity index (χ3n) is 2.61. The van der Waals surface area contributed by atoms with Crippen LogP contribution in [-0.4, -0.2) is 6.04 Å². The van der Waals surface area contributed by atoms with Crippen LogP contribution in [0.25, 0.3) is 0 Å². The molecule has 2 N–H and O–H groups in total. The quantitative estimate of drug-likeness (QED) is 0.789. The van der Waals surface area contributed by atoms with E-state index in [0.717, 1.165) is 17.4 Å². The van der Waals surface area contributed by atoms with Crippen molar-refractivity contribution in [1.82, 2.24) is 0 Å². The van der Waals surface area contributed by atoms with Crippen LogP contribution in [0.4, 0.5) is 0 Å². The predicted octanol–water partition coefficient (Wildman–Crippen LogP) is 2.62. The molecular formula is C11H14ClN. The van der Waals surface area contributed by atoms with E-state index in [1.54, 1.807) is 0 Å². The number of hydrogen-bond acceptors (Lipinski definition) is 1. The highest BCUT2D eigenvalue weighted by molar-refractivity contribution is 6.30. The fourth-order valence-electron chi connectivity index (χ4n) is 1.58. The van der Waals surface area contributed by atoms with Gasteiger partial charge in [0.2, 0.25) is 0 Å². The minimum atomic E-state index is 0.348. The smallest absolute Gasteiger partial charge is 0.0406 e. The van der Waals surface area contributed by atoms with E-state index in [1.807, 2.05) is 12.1 Å². The van der Waals surface area contributed by atoms with Crippen molar-refractivity contribution in [2.75, 3.05) is 0 Å². The van der Waals surface area contributed by atoms with Crippen molar-refractivity contribution >= 4 is 11.6 Å². The second-order valence-electron chi connectivity index (χ2n) is 3.83. The molecule has 0 aliphatic heterocycles. The molecule has 1 aliphatic rings. The summed E-state index contributed by atoms with van der Waals surface area (Å²) in [7, 11) is 0. The molecule has 1 atom stereocenters. The maximum atomic E-state index is 6.02. The molecule has 0 saturated heterocycles. The minimum absolute atomic E-state index is 0.348. The van der Waals surface area contributed by atoms with E-state index in [0.29, 0.717) is 6.04 Å². The summed E-state index contributed by atoms with van der Waals surface area (Å²) in [5.74, 6) is 0.774. The average Bonchev–Trinajstić information content (AvgIpc) is 2.91. The van der Waals surface area contributed by atoms with Gasteiger partial charge in [-0.15, -0.1) is 0 Å². The lowest BCUT2D eigenvalue weighted by atomic mass is 10.0. The number of nitrogens with two attached hydrogens (primary N) is 1.